The maximum Gasteiger partial charge on any atom is 0.333 e. The van der Waals surface area contributed by atoms with E-state index >= 15 is 0 Å². The van der Waals surface area contributed by atoms with Gasteiger partial charge in [-0.05, 0) is 74.3 Å². The van der Waals surface area contributed by atoms with Crippen LogP contribution in [0.3, 0.4) is 0 Å². The molecule has 0 radical (unpaired) electrons. The lowest BCUT2D eigenvalue weighted by Gasteiger charge is -2.47. The molecule has 1 aromatic carbocycles. The zero-order chi connectivity index (χ0) is 32.0. The van der Waals surface area contributed by atoms with Gasteiger partial charge >= 0.3 is 11.7 Å². The average Bonchev–Trinajstić information content (AvgIpc) is 3.71. The molecule has 0 amide bonds. The number of benzene rings is 1. The molecule has 0 aliphatic heterocycles. The van der Waals surface area contributed by atoms with E-state index in [4.69, 9.17) is 9.15 Å². The number of ether oxygens (including phenoxy) is 1. The Morgan fingerprint density at radius 3 is 2.50 bits per heavy atom. The number of aliphatic carboxylic acids is 1. The largest absolute Gasteiger partial charge is 0.496 e. The molecule has 3 aromatic heterocycles. The first-order valence-corrected chi connectivity index (χ1v) is 15.7. The van der Waals surface area contributed by atoms with Crippen molar-refractivity contribution in [2.75, 3.05) is 7.11 Å². The monoisotopic (exact) mass is 621 g/mol. The zero-order valence-electron chi connectivity index (χ0n) is 26.1. The van der Waals surface area contributed by atoms with Crippen LogP contribution in [0.25, 0.3) is 21.0 Å². The van der Waals surface area contributed by atoms with Gasteiger partial charge in [0, 0.05) is 5.56 Å². The molecule has 2 N–H and O–H groups in total. The number of para-hydroxylation sites is 1. The van der Waals surface area contributed by atoms with Crippen molar-refractivity contribution < 1.29 is 24.2 Å². The molecule has 3 heterocycles. The summed E-state index contributed by atoms with van der Waals surface area (Å²) in [5, 5.41) is 23.6. The van der Waals surface area contributed by atoms with Gasteiger partial charge in [0.15, 0.2) is 0 Å². The molecule has 44 heavy (non-hydrogen) atoms. The van der Waals surface area contributed by atoms with Crippen molar-refractivity contribution in [2.24, 2.45) is 22.7 Å². The summed E-state index contributed by atoms with van der Waals surface area (Å²) >= 11 is 1.17. The molecule has 4 aromatic rings. The third kappa shape index (κ3) is 3.94. The van der Waals surface area contributed by atoms with E-state index in [1.54, 1.807) is 20.1 Å². The van der Waals surface area contributed by atoms with E-state index in [0.717, 1.165) is 23.8 Å². The quantitative estimate of drug-likeness (QED) is 0.268. The van der Waals surface area contributed by atoms with Crippen molar-refractivity contribution in [1.29, 1.82) is 0 Å². The zero-order valence-corrected chi connectivity index (χ0v) is 26.9. The first-order chi connectivity index (χ1) is 20.6. The molecule has 2 bridgehead atoms. The minimum absolute atomic E-state index is 0.0598. The first-order valence-electron chi connectivity index (χ1n) is 14.9. The third-order valence-electron chi connectivity index (χ3n) is 11.3. The fourth-order valence-electron chi connectivity index (χ4n) is 8.17. The second-order valence-electron chi connectivity index (χ2n) is 13.7. The Balaban J connectivity index is 1.69. The second kappa shape index (κ2) is 9.90. The highest BCUT2D eigenvalue weighted by atomic mass is 32.1. The summed E-state index contributed by atoms with van der Waals surface area (Å²) in [6, 6.07) is 7.30. The number of hydrogen-bond acceptors (Lipinski definition) is 8. The SMILES string of the molecule is COc1ccccc1C(O)(Cn1c(=O)n(C(C)(C)C(=O)O)c(=O)c2c(C)c(-c3ncco3)sc21)[C@H]1C[C@@H]2CC[C@]1(C)C2(C)C. The molecule has 1 unspecified atom stereocenters. The summed E-state index contributed by atoms with van der Waals surface area (Å²) in [4.78, 5) is 46.1. The molecule has 0 spiro atoms. The minimum Gasteiger partial charge on any atom is -0.496 e. The minimum atomic E-state index is -1.87. The van der Waals surface area contributed by atoms with E-state index < -0.39 is 28.4 Å². The first kappa shape index (κ1) is 30.3. The molecule has 2 aliphatic rings. The van der Waals surface area contributed by atoms with Crippen molar-refractivity contribution in [1.82, 2.24) is 14.1 Å². The number of nitrogens with zero attached hydrogens (tertiary/aromatic N) is 3. The Bertz CT molecular complexity index is 1900. The van der Waals surface area contributed by atoms with Crippen LogP contribution in [0.2, 0.25) is 0 Å². The van der Waals surface area contributed by atoms with Gasteiger partial charge in [0.2, 0.25) is 5.89 Å². The number of methoxy groups -OCH3 is 1. The fraction of sp³-hybridized carbons (Fsp3) is 0.515. The maximum atomic E-state index is 14.5. The predicted molar refractivity (Wildman–Crippen MR) is 167 cm³/mol. The lowest BCUT2D eigenvalue weighted by Crippen LogP contribution is -2.55. The van der Waals surface area contributed by atoms with Gasteiger partial charge < -0.3 is 19.4 Å². The van der Waals surface area contributed by atoms with E-state index in [0.29, 0.717) is 32.5 Å². The molecule has 11 heteroatoms. The number of carboxylic acid groups (broad SMARTS) is 1. The van der Waals surface area contributed by atoms with Gasteiger partial charge in [-0.25, -0.2) is 19.1 Å². The van der Waals surface area contributed by atoms with Crippen LogP contribution in [-0.2, 0) is 22.5 Å². The number of aliphatic hydroxyl groups is 1. The number of rotatable bonds is 8. The van der Waals surface area contributed by atoms with Crippen molar-refractivity contribution >= 4 is 27.5 Å². The lowest BCUT2D eigenvalue weighted by atomic mass is 9.60. The van der Waals surface area contributed by atoms with Gasteiger partial charge in [-0.1, -0.05) is 39.0 Å². The van der Waals surface area contributed by atoms with Crippen LogP contribution in [-0.4, -0.2) is 37.4 Å². The number of fused-ring (bicyclic) bond motifs is 3. The normalized spacial score (nSPS) is 24.1. The van der Waals surface area contributed by atoms with E-state index in [2.05, 4.69) is 25.8 Å². The van der Waals surface area contributed by atoms with E-state index in [1.807, 2.05) is 18.2 Å². The lowest BCUT2D eigenvalue weighted by molar-refractivity contribution is -0.146. The van der Waals surface area contributed by atoms with Crippen LogP contribution in [0.4, 0.5) is 0 Å². The van der Waals surface area contributed by atoms with Gasteiger partial charge in [0.05, 0.1) is 30.1 Å². The Hall–Kier alpha value is -3.70. The molecule has 0 saturated heterocycles. The smallest absolute Gasteiger partial charge is 0.333 e. The van der Waals surface area contributed by atoms with Crippen LogP contribution in [0.1, 0.15) is 65.0 Å². The summed E-state index contributed by atoms with van der Waals surface area (Å²) in [5.41, 5.74) is -4.26. The number of aryl methyl sites for hydroxylation is 1. The highest BCUT2D eigenvalue weighted by Gasteiger charge is 2.66. The highest BCUT2D eigenvalue weighted by molar-refractivity contribution is 7.22. The van der Waals surface area contributed by atoms with Crippen LogP contribution >= 0.6 is 11.3 Å². The van der Waals surface area contributed by atoms with Gasteiger partial charge in [-0.3, -0.25) is 9.36 Å². The molecule has 10 nitrogen and oxygen atoms in total. The van der Waals surface area contributed by atoms with Gasteiger partial charge in [0.1, 0.15) is 28.0 Å². The van der Waals surface area contributed by atoms with Gasteiger partial charge in [-0.2, -0.15) is 0 Å². The predicted octanol–water partition coefficient (Wildman–Crippen LogP) is 5.37. The molecular formula is C33H39N3O7S. The van der Waals surface area contributed by atoms with Gasteiger partial charge in [-0.15, -0.1) is 11.3 Å². The number of carboxylic acids is 1. The number of oxazole rings is 1. The Kier molecular flexibility index (Phi) is 6.83. The average molecular weight is 622 g/mol. The molecule has 4 atom stereocenters. The van der Waals surface area contributed by atoms with Crippen molar-refractivity contribution in [3.8, 4) is 16.5 Å². The topological polar surface area (TPSA) is 137 Å². The molecule has 2 saturated carbocycles. The summed E-state index contributed by atoms with van der Waals surface area (Å²) in [5.74, 6) is -0.428. The van der Waals surface area contributed by atoms with Crippen molar-refractivity contribution in [3.05, 3.63) is 68.7 Å². The number of aromatic nitrogens is 3. The van der Waals surface area contributed by atoms with E-state index in [-0.39, 0.29) is 34.6 Å². The summed E-state index contributed by atoms with van der Waals surface area (Å²) in [6.07, 6.45) is 5.66. The van der Waals surface area contributed by atoms with Crippen molar-refractivity contribution in [3.63, 3.8) is 0 Å². The summed E-state index contributed by atoms with van der Waals surface area (Å²) in [7, 11) is 1.55. The maximum absolute atomic E-state index is 14.5. The Morgan fingerprint density at radius 1 is 1.23 bits per heavy atom. The second-order valence-corrected chi connectivity index (χ2v) is 14.7. The van der Waals surface area contributed by atoms with E-state index in [9.17, 15) is 24.6 Å². The Morgan fingerprint density at radius 2 is 1.93 bits per heavy atom. The van der Waals surface area contributed by atoms with Crippen LogP contribution in [0.15, 0.2) is 50.7 Å². The van der Waals surface area contributed by atoms with Crippen LogP contribution in [0, 0.1) is 29.6 Å². The molecule has 234 valence electrons. The summed E-state index contributed by atoms with van der Waals surface area (Å²) in [6.45, 7) is 10.9. The number of hydrogen-bond donors (Lipinski definition) is 2. The third-order valence-corrected chi connectivity index (χ3v) is 12.6. The van der Waals surface area contributed by atoms with Crippen LogP contribution < -0.4 is 16.0 Å². The molecular weight excluding hydrogens is 582 g/mol. The number of thiophene rings is 1. The van der Waals surface area contributed by atoms with Crippen LogP contribution in [0.5, 0.6) is 5.75 Å². The highest BCUT2D eigenvalue weighted by Crippen LogP contribution is 2.71. The fourth-order valence-corrected chi connectivity index (χ4v) is 9.40. The number of carbonyl (C=O) groups is 1. The van der Waals surface area contributed by atoms with Crippen molar-refractivity contribution in [2.45, 2.75) is 78.5 Å². The Labute approximate surface area is 258 Å². The summed E-state index contributed by atoms with van der Waals surface area (Å²) < 4.78 is 13.5. The van der Waals surface area contributed by atoms with Gasteiger partial charge in [0.25, 0.3) is 5.56 Å². The molecule has 2 aliphatic carbocycles. The molecule has 2 fully saturated rings. The van der Waals surface area contributed by atoms with E-state index in [1.165, 1.54) is 42.2 Å². The molecule has 6 rings (SSSR count). The standard InChI is InChI=1S/C33H39N3O7S/c1-18-23-26(37)36(31(4,5)28(38)39)29(40)35(27(23)44-24(18)25-34-14-15-43-25)17-33(41,20-10-8-9-11-21(20)42-7)22-16-19-12-13-32(22,6)30(19,2)3/h8-11,14-15,19,22,41H,12-13,16-17H2,1-7H3,(H,38,39)/t19-,22-,32-,33?/m0/s1.